The monoisotopic (exact) mass is 297 g/mol. The molecule has 0 saturated heterocycles. The Bertz CT molecular complexity index is 679. The van der Waals surface area contributed by atoms with Gasteiger partial charge in [-0.05, 0) is 60.8 Å². The molecular weight excluding hydrogens is 278 g/mol. The van der Waals surface area contributed by atoms with Crippen molar-refractivity contribution >= 4 is 17.6 Å². The van der Waals surface area contributed by atoms with Crippen molar-refractivity contribution in [2.75, 3.05) is 5.32 Å². The van der Waals surface area contributed by atoms with Crippen LogP contribution in [0, 0.1) is 23.7 Å². The number of carbonyl (C=O) groups excluding carboxylic acids is 1. The van der Waals surface area contributed by atoms with Gasteiger partial charge in [0.15, 0.2) is 0 Å². The Morgan fingerprint density at radius 1 is 1.05 bits per heavy atom. The van der Waals surface area contributed by atoms with Crippen LogP contribution < -0.4 is 5.32 Å². The first-order valence-electron chi connectivity index (χ1n) is 7.97. The van der Waals surface area contributed by atoms with E-state index >= 15 is 0 Å². The van der Waals surface area contributed by atoms with Crippen LogP contribution in [0.2, 0.25) is 0 Å². The molecule has 0 radical (unpaired) electrons. The number of aliphatic carboxylic acids is 1. The van der Waals surface area contributed by atoms with Crippen LogP contribution in [-0.4, -0.2) is 17.0 Å². The second-order valence-corrected chi connectivity index (χ2v) is 6.66. The van der Waals surface area contributed by atoms with Crippen LogP contribution in [0.15, 0.2) is 30.4 Å². The van der Waals surface area contributed by atoms with Gasteiger partial charge in [0, 0.05) is 5.69 Å². The SMILES string of the molecule is O=C(Nc1ccc2c(c1)CCC2)[C@@H]1[C@H](C(=O)O)[C@@H]2C=C[C@H]1C2. The van der Waals surface area contributed by atoms with Gasteiger partial charge in [-0.15, -0.1) is 0 Å². The lowest BCUT2D eigenvalue weighted by Crippen LogP contribution is -2.36. The van der Waals surface area contributed by atoms with Gasteiger partial charge < -0.3 is 10.4 Å². The molecule has 0 aromatic heterocycles. The van der Waals surface area contributed by atoms with Crippen molar-refractivity contribution in [3.05, 3.63) is 41.5 Å². The molecule has 1 amide bonds. The third-order valence-electron chi connectivity index (χ3n) is 5.41. The number of nitrogens with one attached hydrogen (secondary N) is 1. The van der Waals surface area contributed by atoms with Crippen molar-refractivity contribution in [1.82, 2.24) is 0 Å². The second-order valence-electron chi connectivity index (χ2n) is 6.66. The molecule has 0 aliphatic heterocycles. The van der Waals surface area contributed by atoms with Gasteiger partial charge in [-0.25, -0.2) is 0 Å². The molecule has 0 spiro atoms. The third-order valence-corrected chi connectivity index (χ3v) is 5.41. The van der Waals surface area contributed by atoms with E-state index in [9.17, 15) is 14.7 Å². The number of aryl methyl sites for hydroxylation is 2. The summed E-state index contributed by atoms with van der Waals surface area (Å²) in [5.41, 5.74) is 3.46. The summed E-state index contributed by atoms with van der Waals surface area (Å²) in [5, 5.41) is 12.4. The van der Waals surface area contributed by atoms with Crippen LogP contribution in [0.25, 0.3) is 0 Å². The molecule has 4 atom stereocenters. The summed E-state index contributed by atoms with van der Waals surface area (Å²) in [6.45, 7) is 0. The van der Waals surface area contributed by atoms with E-state index in [1.54, 1.807) is 0 Å². The molecule has 1 fully saturated rings. The molecule has 1 saturated carbocycles. The average molecular weight is 297 g/mol. The molecule has 4 rings (SSSR count). The number of rotatable bonds is 3. The topological polar surface area (TPSA) is 66.4 Å². The summed E-state index contributed by atoms with van der Waals surface area (Å²) < 4.78 is 0. The van der Waals surface area contributed by atoms with Gasteiger partial charge in [-0.2, -0.15) is 0 Å². The van der Waals surface area contributed by atoms with Crippen LogP contribution in [0.5, 0.6) is 0 Å². The van der Waals surface area contributed by atoms with Crippen molar-refractivity contribution in [1.29, 1.82) is 0 Å². The summed E-state index contributed by atoms with van der Waals surface area (Å²) in [6, 6.07) is 6.05. The first kappa shape index (κ1) is 13.6. The summed E-state index contributed by atoms with van der Waals surface area (Å²) in [6.07, 6.45) is 8.11. The fourth-order valence-corrected chi connectivity index (χ4v) is 4.39. The van der Waals surface area contributed by atoms with Crippen molar-refractivity contribution in [2.24, 2.45) is 23.7 Å². The number of hydrogen-bond acceptors (Lipinski definition) is 2. The summed E-state index contributed by atoms with van der Waals surface area (Å²) >= 11 is 0. The van der Waals surface area contributed by atoms with E-state index in [1.165, 1.54) is 17.5 Å². The number of fused-ring (bicyclic) bond motifs is 3. The average Bonchev–Trinajstić information content (AvgIpc) is 3.20. The smallest absolute Gasteiger partial charge is 0.307 e. The number of carboxylic acids is 1. The molecular formula is C18H19NO3. The van der Waals surface area contributed by atoms with E-state index in [2.05, 4.69) is 11.4 Å². The Kier molecular flexibility index (Phi) is 3.06. The quantitative estimate of drug-likeness (QED) is 0.843. The summed E-state index contributed by atoms with van der Waals surface area (Å²) in [7, 11) is 0. The van der Waals surface area contributed by atoms with Crippen LogP contribution in [0.4, 0.5) is 5.69 Å². The fraction of sp³-hybridized carbons (Fsp3) is 0.444. The van der Waals surface area contributed by atoms with Crippen molar-refractivity contribution < 1.29 is 14.7 Å². The summed E-state index contributed by atoms with van der Waals surface area (Å²) in [5.74, 6) is -1.95. The normalized spacial score (nSPS) is 31.3. The highest BCUT2D eigenvalue weighted by Gasteiger charge is 2.51. The highest BCUT2D eigenvalue weighted by molar-refractivity contribution is 5.96. The first-order valence-corrected chi connectivity index (χ1v) is 7.97. The molecule has 3 aliphatic rings. The lowest BCUT2D eigenvalue weighted by atomic mass is 9.82. The fourth-order valence-electron chi connectivity index (χ4n) is 4.39. The van der Waals surface area contributed by atoms with Crippen molar-refractivity contribution in [2.45, 2.75) is 25.7 Å². The Labute approximate surface area is 129 Å². The zero-order valence-electron chi connectivity index (χ0n) is 12.3. The highest BCUT2D eigenvalue weighted by atomic mass is 16.4. The van der Waals surface area contributed by atoms with E-state index in [-0.39, 0.29) is 17.7 Å². The predicted molar refractivity (Wildman–Crippen MR) is 82.4 cm³/mol. The van der Waals surface area contributed by atoms with Crippen molar-refractivity contribution in [3.63, 3.8) is 0 Å². The molecule has 1 aromatic carbocycles. The number of allylic oxidation sites excluding steroid dienone is 2. The highest BCUT2D eigenvalue weighted by Crippen LogP contribution is 2.48. The zero-order chi connectivity index (χ0) is 15.3. The number of carboxylic acid groups (broad SMARTS) is 1. The van der Waals surface area contributed by atoms with Gasteiger partial charge in [0.25, 0.3) is 0 Å². The van der Waals surface area contributed by atoms with Crippen LogP contribution in [-0.2, 0) is 22.4 Å². The lowest BCUT2D eigenvalue weighted by Gasteiger charge is -2.24. The molecule has 2 bridgehead atoms. The van der Waals surface area contributed by atoms with E-state index < -0.39 is 17.8 Å². The van der Waals surface area contributed by atoms with Gasteiger partial charge in [0.1, 0.15) is 0 Å². The molecule has 2 N–H and O–H groups in total. The van der Waals surface area contributed by atoms with Crippen LogP contribution in [0.1, 0.15) is 24.0 Å². The maximum atomic E-state index is 12.6. The molecule has 3 aliphatic carbocycles. The second kappa shape index (κ2) is 4.97. The molecule has 0 heterocycles. The molecule has 0 unspecified atom stereocenters. The number of anilines is 1. The summed E-state index contributed by atoms with van der Waals surface area (Å²) in [4.78, 5) is 24.1. The molecule has 4 nitrogen and oxygen atoms in total. The molecule has 114 valence electrons. The Morgan fingerprint density at radius 3 is 2.55 bits per heavy atom. The maximum Gasteiger partial charge on any atom is 0.307 e. The van der Waals surface area contributed by atoms with Gasteiger partial charge >= 0.3 is 5.97 Å². The minimum Gasteiger partial charge on any atom is -0.481 e. The van der Waals surface area contributed by atoms with Crippen molar-refractivity contribution in [3.8, 4) is 0 Å². The van der Waals surface area contributed by atoms with E-state index in [1.807, 2.05) is 24.3 Å². The van der Waals surface area contributed by atoms with Gasteiger partial charge in [-0.1, -0.05) is 18.2 Å². The van der Waals surface area contributed by atoms with E-state index in [0.717, 1.165) is 24.9 Å². The number of amides is 1. The van der Waals surface area contributed by atoms with Crippen LogP contribution in [0.3, 0.4) is 0 Å². The largest absolute Gasteiger partial charge is 0.481 e. The predicted octanol–water partition coefficient (Wildman–Crippen LogP) is 2.64. The Balaban J connectivity index is 1.55. The minimum absolute atomic E-state index is 0.0123. The minimum atomic E-state index is -0.856. The maximum absolute atomic E-state index is 12.6. The van der Waals surface area contributed by atoms with Gasteiger partial charge in [0.2, 0.25) is 5.91 Å². The number of hydrogen-bond donors (Lipinski definition) is 2. The Hall–Kier alpha value is -2.10. The molecule has 4 heteroatoms. The standard InChI is InChI=1S/C18H19NO3/c20-17(15-12-4-5-13(8-12)16(15)18(21)22)19-14-7-6-10-2-1-3-11(10)9-14/h4-7,9,12-13,15-16H,1-3,8H2,(H,19,20)(H,21,22)/t12-,13+,15-,16+/m0/s1. The van der Waals surface area contributed by atoms with E-state index in [0.29, 0.717) is 0 Å². The van der Waals surface area contributed by atoms with Gasteiger partial charge in [-0.3, -0.25) is 9.59 Å². The number of benzene rings is 1. The van der Waals surface area contributed by atoms with Crippen LogP contribution >= 0.6 is 0 Å². The molecule has 1 aromatic rings. The Morgan fingerprint density at radius 2 is 1.77 bits per heavy atom. The van der Waals surface area contributed by atoms with E-state index in [4.69, 9.17) is 0 Å². The number of carbonyl (C=O) groups is 2. The zero-order valence-corrected chi connectivity index (χ0v) is 12.3. The first-order chi connectivity index (χ1) is 10.6. The lowest BCUT2D eigenvalue weighted by molar-refractivity contribution is -0.146. The third kappa shape index (κ3) is 2.05. The van der Waals surface area contributed by atoms with Gasteiger partial charge in [0.05, 0.1) is 11.8 Å². The molecule has 22 heavy (non-hydrogen) atoms.